The first-order valence-corrected chi connectivity index (χ1v) is 8.51. The van der Waals surface area contributed by atoms with Gasteiger partial charge in [0.15, 0.2) is 5.82 Å². The largest absolute Gasteiger partial charge is 0.480 e. The molecule has 0 atom stereocenters. The Labute approximate surface area is 159 Å². The second kappa shape index (κ2) is 7.47. The molecule has 8 nitrogen and oxygen atoms in total. The Balaban J connectivity index is 1.61. The number of rotatable bonds is 6. The molecule has 0 saturated heterocycles. The van der Waals surface area contributed by atoms with E-state index < -0.39 is 5.95 Å². The van der Waals surface area contributed by atoms with Crippen LogP contribution in [0.2, 0.25) is 0 Å². The number of methoxy groups -OCH3 is 1. The van der Waals surface area contributed by atoms with E-state index in [-0.39, 0.29) is 11.4 Å². The zero-order valence-corrected chi connectivity index (χ0v) is 15.2. The highest BCUT2D eigenvalue weighted by Crippen LogP contribution is 2.27. The van der Waals surface area contributed by atoms with Crippen LogP contribution in [0.1, 0.15) is 6.92 Å². The molecule has 0 fully saturated rings. The first-order valence-electron chi connectivity index (χ1n) is 8.51. The molecule has 0 aromatic carbocycles. The van der Waals surface area contributed by atoms with Crippen molar-refractivity contribution in [2.24, 2.45) is 0 Å². The maximum absolute atomic E-state index is 14.6. The molecule has 0 bridgehead atoms. The van der Waals surface area contributed by atoms with Gasteiger partial charge in [0.05, 0.1) is 36.6 Å². The van der Waals surface area contributed by atoms with Gasteiger partial charge in [0.1, 0.15) is 11.5 Å². The molecule has 4 rings (SSSR count). The second-order valence-corrected chi connectivity index (χ2v) is 5.69. The van der Waals surface area contributed by atoms with E-state index in [4.69, 9.17) is 9.47 Å². The first kappa shape index (κ1) is 17.7. The molecule has 0 aliphatic heterocycles. The van der Waals surface area contributed by atoms with Crippen molar-refractivity contribution in [1.82, 2.24) is 24.9 Å². The third kappa shape index (κ3) is 3.41. The lowest BCUT2D eigenvalue weighted by molar-refractivity contribution is 0.327. The van der Waals surface area contributed by atoms with Crippen LogP contribution in [0.4, 0.5) is 15.9 Å². The number of halogens is 1. The molecule has 4 heterocycles. The molecule has 0 amide bonds. The van der Waals surface area contributed by atoms with Gasteiger partial charge in [-0.05, 0) is 25.1 Å². The van der Waals surface area contributed by atoms with E-state index in [0.717, 1.165) is 0 Å². The lowest BCUT2D eigenvalue weighted by Gasteiger charge is -2.09. The minimum Gasteiger partial charge on any atom is -0.480 e. The summed E-state index contributed by atoms with van der Waals surface area (Å²) in [6.07, 6.45) is 3.18. The molecule has 1 radical (unpaired) electrons. The number of ether oxygens (including phenoxy) is 2. The lowest BCUT2D eigenvalue weighted by Crippen LogP contribution is -2.01. The predicted molar refractivity (Wildman–Crippen MR) is 101 cm³/mol. The zero-order chi connectivity index (χ0) is 19.5. The highest BCUT2D eigenvalue weighted by Gasteiger charge is 2.15. The molecule has 2 N–H and O–H groups in total. The van der Waals surface area contributed by atoms with E-state index in [2.05, 4.69) is 36.3 Å². The summed E-state index contributed by atoms with van der Waals surface area (Å²) in [6.45, 7) is 2.42. The number of hydrogen-bond acceptors (Lipinski definition) is 7. The van der Waals surface area contributed by atoms with Crippen LogP contribution in [0.5, 0.6) is 11.8 Å². The molecule has 0 spiro atoms. The van der Waals surface area contributed by atoms with Crippen molar-refractivity contribution in [2.75, 3.05) is 19.0 Å². The number of aromatic amines is 1. The first-order chi connectivity index (χ1) is 13.7. The molecule has 141 valence electrons. The topological polar surface area (TPSA) is 97.8 Å². The Hall–Kier alpha value is -3.75. The van der Waals surface area contributed by atoms with Crippen molar-refractivity contribution in [3.05, 3.63) is 48.7 Å². The fraction of sp³-hybridized carbons (Fsp3) is 0.158. The maximum Gasteiger partial charge on any atom is 0.227 e. The SMILES string of the molecule is CCOc1ccc(Nc2ccc(-c3nc(OC)c4[c]c[nH]c4n3)c(F)n2)cn1. The molecule has 9 heteroatoms. The predicted octanol–water partition coefficient (Wildman–Crippen LogP) is 3.51. The number of aromatic nitrogens is 5. The minimum atomic E-state index is -0.708. The van der Waals surface area contributed by atoms with E-state index in [0.29, 0.717) is 40.9 Å². The fourth-order valence-electron chi connectivity index (χ4n) is 2.63. The third-order valence-corrected chi connectivity index (χ3v) is 3.89. The van der Waals surface area contributed by atoms with Crippen LogP contribution in [-0.4, -0.2) is 38.6 Å². The Morgan fingerprint density at radius 3 is 2.79 bits per heavy atom. The van der Waals surface area contributed by atoms with E-state index in [1.807, 2.05) is 6.92 Å². The van der Waals surface area contributed by atoms with Crippen molar-refractivity contribution in [3.8, 4) is 23.1 Å². The summed E-state index contributed by atoms with van der Waals surface area (Å²) in [5.41, 5.74) is 1.32. The number of H-pyrrole nitrogens is 1. The van der Waals surface area contributed by atoms with Gasteiger partial charge in [-0.1, -0.05) is 0 Å². The van der Waals surface area contributed by atoms with Crippen LogP contribution >= 0.6 is 0 Å². The van der Waals surface area contributed by atoms with Gasteiger partial charge in [-0.25, -0.2) is 15.0 Å². The van der Waals surface area contributed by atoms with Crippen molar-refractivity contribution >= 4 is 22.5 Å². The smallest absolute Gasteiger partial charge is 0.227 e. The summed E-state index contributed by atoms with van der Waals surface area (Å²) < 4.78 is 25.2. The van der Waals surface area contributed by atoms with Crippen molar-refractivity contribution in [3.63, 3.8) is 0 Å². The van der Waals surface area contributed by atoms with Crippen molar-refractivity contribution < 1.29 is 13.9 Å². The molecule has 4 aromatic rings. The lowest BCUT2D eigenvalue weighted by atomic mass is 10.2. The molecule has 28 heavy (non-hydrogen) atoms. The Morgan fingerprint density at radius 2 is 2.07 bits per heavy atom. The minimum absolute atomic E-state index is 0.158. The van der Waals surface area contributed by atoms with Crippen LogP contribution in [0, 0.1) is 12.0 Å². The van der Waals surface area contributed by atoms with Crippen molar-refractivity contribution in [2.45, 2.75) is 6.92 Å². The number of nitrogens with zero attached hydrogens (tertiary/aromatic N) is 4. The van der Waals surface area contributed by atoms with Gasteiger partial charge >= 0.3 is 0 Å². The fourth-order valence-corrected chi connectivity index (χ4v) is 2.63. The molecule has 0 aliphatic carbocycles. The summed E-state index contributed by atoms with van der Waals surface area (Å²) in [5, 5.41) is 3.59. The summed E-state index contributed by atoms with van der Waals surface area (Å²) in [6, 6.07) is 9.63. The average molecular weight is 379 g/mol. The number of nitrogens with one attached hydrogen (secondary N) is 2. The van der Waals surface area contributed by atoms with Crippen LogP contribution in [0.3, 0.4) is 0 Å². The molecular weight excluding hydrogens is 363 g/mol. The number of anilines is 2. The summed E-state index contributed by atoms with van der Waals surface area (Å²) >= 11 is 0. The monoisotopic (exact) mass is 379 g/mol. The molecule has 0 aliphatic rings. The van der Waals surface area contributed by atoms with Crippen LogP contribution < -0.4 is 14.8 Å². The van der Waals surface area contributed by atoms with Crippen molar-refractivity contribution in [1.29, 1.82) is 0 Å². The normalized spacial score (nSPS) is 10.8. The number of pyridine rings is 2. The number of fused-ring (bicyclic) bond motifs is 1. The van der Waals surface area contributed by atoms with Crippen LogP contribution in [-0.2, 0) is 0 Å². The molecule has 0 saturated carbocycles. The summed E-state index contributed by atoms with van der Waals surface area (Å²) in [7, 11) is 1.48. The molecule has 4 aromatic heterocycles. The van der Waals surface area contributed by atoms with Crippen LogP contribution in [0.25, 0.3) is 22.4 Å². The van der Waals surface area contributed by atoms with Gasteiger partial charge in [-0.3, -0.25) is 0 Å². The van der Waals surface area contributed by atoms with Gasteiger partial charge in [0, 0.05) is 18.3 Å². The van der Waals surface area contributed by atoms with E-state index in [1.165, 1.54) is 7.11 Å². The van der Waals surface area contributed by atoms with Gasteiger partial charge in [0.25, 0.3) is 0 Å². The average Bonchev–Trinajstić information content (AvgIpc) is 3.18. The van der Waals surface area contributed by atoms with Gasteiger partial charge < -0.3 is 19.8 Å². The Morgan fingerprint density at radius 1 is 1.18 bits per heavy atom. The highest BCUT2D eigenvalue weighted by molar-refractivity contribution is 5.82. The van der Waals surface area contributed by atoms with E-state index >= 15 is 0 Å². The second-order valence-electron chi connectivity index (χ2n) is 5.69. The third-order valence-electron chi connectivity index (χ3n) is 3.89. The standard InChI is InChI=1S/C19H16FN6O2/c1-3-28-15-7-4-11(10-22-15)23-14-6-5-12(16(20)24-14)18-25-17-13(8-9-21-17)19(26-18)27-2/h4-7,9-10H,3H2,1-2H3,(H,23,24)(H,21,25,26). The quantitative estimate of drug-likeness (QED) is 0.495. The van der Waals surface area contributed by atoms with Gasteiger partial charge in [0.2, 0.25) is 17.7 Å². The Bertz CT molecular complexity index is 1110. The van der Waals surface area contributed by atoms with Gasteiger partial charge in [-0.2, -0.15) is 9.37 Å². The maximum atomic E-state index is 14.6. The van der Waals surface area contributed by atoms with E-state index in [1.54, 1.807) is 36.7 Å². The summed E-state index contributed by atoms with van der Waals surface area (Å²) in [5.74, 6) is 0.614. The molecule has 0 unspecified atom stereocenters. The van der Waals surface area contributed by atoms with Gasteiger partial charge in [-0.15, -0.1) is 0 Å². The van der Waals surface area contributed by atoms with Crippen LogP contribution in [0.15, 0.2) is 36.7 Å². The Kier molecular flexibility index (Phi) is 4.71. The molecular formula is C19H16FN6O2. The number of hydrogen-bond donors (Lipinski definition) is 2. The van der Waals surface area contributed by atoms with E-state index in [9.17, 15) is 4.39 Å². The highest BCUT2D eigenvalue weighted by atomic mass is 19.1. The summed E-state index contributed by atoms with van der Waals surface area (Å²) in [4.78, 5) is 19.6. The zero-order valence-electron chi connectivity index (χ0n) is 15.2.